The maximum atomic E-state index is 14.3. The monoisotopic (exact) mass is 524 g/mol. The standard InChI is InChI=1S/C25H18BrFN2O3S/c26-17-8-13-21(20(27)15-17)29-25(31)23(16-5-2-1-3-6-16)33-19-11-9-18(10-12-19)28-24(30)22-7-4-14-32-22/h1-15,23H,(H,28,30)(H,29,31). The van der Waals surface area contributed by atoms with E-state index in [0.717, 1.165) is 10.5 Å². The third-order valence-electron chi connectivity index (χ3n) is 4.64. The number of anilines is 2. The number of hydrogen-bond donors (Lipinski definition) is 2. The molecule has 0 aliphatic rings. The second-order valence-electron chi connectivity index (χ2n) is 6.98. The van der Waals surface area contributed by atoms with Gasteiger partial charge in [-0.05, 0) is 60.2 Å². The van der Waals surface area contributed by atoms with Crippen molar-refractivity contribution in [3.63, 3.8) is 0 Å². The molecule has 1 aromatic heterocycles. The van der Waals surface area contributed by atoms with E-state index in [2.05, 4.69) is 26.6 Å². The van der Waals surface area contributed by atoms with Crippen LogP contribution in [0, 0.1) is 5.82 Å². The SMILES string of the molecule is O=C(Nc1ccc(SC(C(=O)Nc2ccc(Br)cc2F)c2ccccc2)cc1)c1ccco1. The first kappa shape index (κ1) is 22.8. The summed E-state index contributed by atoms with van der Waals surface area (Å²) in [4.78, 5) is 26.1. The zero-order chi connectivity index (χ0) is 23.2. The second-order valence-corrected chi connectivity index (χ2v) is 9.07. The summed E-state index contributed by atoms with van der Waals surface area (Å²) in [6, 6.07) is 24.1. The van der Waals surface area contributed by atoms with Gasteiger partial charge in [0.1, 0.15) is 11.1 Å². The van der Waals surface area contributed by atoms with Gasteiger partial charge in [-0.1, -0.05) is 46.3 Å². The summed E-state index contributed by atoms with van der Waals surface area (Å²) in [7, 11) is 0. The number of hydrogen-bond acceptors (Lipinski definition) is 4. The van der Waals surface area contributed by atoms with Gasteiger partial charge in [0.15, 0.2) is 5.76 Å². The molecular formula is C25H18BrFN2O3S. The summed E-state index contributed by atoms with van der Waals surface area (Å²) in [5, 5.41) is 4.83. The number of amides is 2. The minimum atomic E-state index is -0.613. The summed E-state index contributed by atoms with van der Waals surface area (Å²) < 4.78 is 19.9. The maximum absolute atomic E-state index is 14.3. The van der Waals surface area contributed by atoms with E-state index < -0.39 is 11.1 Å². The molecule has 0 saturated heterocycles. The van der Waals surface area contributed by atoms with E-state index in [0.29, 0.717) is 10.2 Å². The molecule has 8 heteroatoms. The lowest BCUT2D eigenvalue weighted by atomic mass is 10.1. The lowest BCUT2D eigenvalue weighted by Crippen LogP contribution is -2.19. The Morgan fingerprint density at radius 1 is 0.909 bits per heavy atom. The highest BCUT2D eigenvalue weighted by Gasteiger charge is 2.23. The largest absolute Gasteiger partial charge is 0.459 e. The Balaban J connectivity index is 1.51. The molecule has 0 bridgehead atoms. The molecule has 1 heterocycles. The average molecular weight is 525 g/mol. The molecule has 2 amide bonds. The van der Waals surface area contributed by atoms with Gasteiger partial charge >= 0.3 is 0 Å². The molecule has 3 aromatic carbocycles. The van der Waals surface area contributed by atoms with E-state index in [4.69, 9.17) is 4.42 Å². The molecule has 0 aliphatic carbocycles. The number of thioether (sulfide) groups is 1. The van der Waals surface area contributed by atoms with Crippen LogP contribution in [-0.4, -0.2) is 11.8 Å². The maximum Gasteiger partial charge on any atom is 0.291 e. The fourth-order valence-corrected chi connectivity index (χ4v) is 4.40. The summed E-state index contributed by atoms with van der Waals surface area (Å²) in [5.41, 5.74) is 1.49. The Morgan fingerprint density at radius 3 is 2.33 bits per heavy atom. The van der Waals surface area contributed by atoms with Crippen molar-refractivity contribution in [2.24, 2.45) is 0 Å². The van der Waals surface area contributed by atoms with E-state index in [-0.39, 0.29) is 23.3 Å². The predicted molar refractivity (Wildman–Crippen MR) is 131 cm³/mol. The topological polar surface area (TPSA) is 71.3 Å². The number of furan rings is 1. The van der Waals surface area contributed by atoms with Crippen molar-refractivity contribution in [3.8, 4) is 0 Å². The van der Waals surface area contributed by atoms with Gasteiger partial charge in [-0.3, -0.25) is 9.59 Å². The molecule has 4 rings (SSSR count). The fourth-order valence-electron chi connectivity index (χ4n) is 3.04. The van der Waals surface area contributed by atoms with Gasteiger partial charge < -0.3 is 15.1 Å². The number of carbonyl (C=O) groups excluding carboxylic acids is 2. The Morgan fingerprint density at radius 2 is 1.67 bits per heavy atom. The second kappa shape index (κ2) is 10.5. The normalized spacial score (nSPS) is 11.6. The van der Waals surface area contributed by atoms with Gasteiger partial charge in [0.2, 0.25) is 5.91 Å². The van der Waals surface area contributed by atoms with E-state index >= 15 is 0 Å². The van der Waals surface area contributed by atoms with E-state index in [1.807, 2.05) is 42.5 Å². The number of halogens is 2. The molecule has 1 atom stereocenters. The summed E-state index contributed by atoms with van der Waals surface area (Å²) in [5.74, 6) is -0.998. The minimum absolute atomic E-state index is 0.112. The van der Waals surface area contributed by atoms with Crippen molar-refractivity contribution in [1.29, 1.82) is 0 Å². The van der Waals surface area contributed by atoms with Crippen LogP contribution in [-0.2, 0) is 4.79 Å². The van der Waals surface area contributed by atoms with Crippen LogP contribution in [0.15, 0.2) is 105 Å². The number of benzene rings is 3. The van der Waals surface area contributed by atoms with Crippen LogP contribution in [0.1, 0.15) is 21.4 Å². The van der Waals surface area contributed by atoms with Gasteiger partial charge in [-0.2, -0.15) is 0 Å². The van der Waals surface area contributed by atoms with Crippen LogP contribution in [0.4, 0.5) is 15.8 Å². The number of rotatable bonds is 7. The van der Waals surface area contributed by atoms with Crippen molar-refractivity contribution >= 4 is 50.9 Å². The predicted octanol–water partition coefficient (Wildman–Crippen LogP) is 6.91. The first-order chi connectivity index (χ1) is 16.0. The fraction of sp³-hybridized carbons (Fsp3) is 0.0400. The third kappa shape index (κ3) is 5.91. The molecule has 0 saturated carbocycles. The van der Waals surface area contributed by atoms with Crippen LogP contribution in [0.25, 0.3) is 0 Å². The molecule has 33 heavy (non-hydrogen) atoms. The molecule has 0 aliphatic heterocycles. The van der Waals surface area contributed by atoms with Crippen LogP contribution < -0.4 is 10.6 Å². The van der Waals surface area contributed by atoms with Crippen molar-refractivity contribution in [2.75, 3.05) is 10.6 Å². The third-order valence-corrected chi connectivity index (χ3v) is 6.40. The molecule has 5 nitrogen and oxygen atoms in total. The van der Waals surface area contributed by atoms with Gasteiger partial charge in [-0.25, -0.2) is 4.39 Å². The summed E-state index contributed by atoms with van der Waals surface area (Å²) in [6.07, 6.45) is 1.43. The number of nitrogens with one attached hydrogen (secondary N) is 2. The first-order valence-corrected chi connectivity index (χ1v) is 11.6. The first-order valence-electron chi connectivity index (χ1n) is 9.92. The Hall–Kier alpha value is -3.36. The van der Waals surface area contributed by atoms with Crippen molar-refractivity contribution in [2.45, 2.75) is 10.1 Å². The van der Waals surface area contributed by atoms with Gasteiger partial charge in [0.05, 0.1) is 12.0 Å². The molecule has 166 valence electrons. The molecule has 0 fully saturated rings. The minimum Gasteiger partial charge on any atom is -0.459 e. The highest BCUT2D eigenvalue weighted by atomic mass is 79.9. The van der Waals surface area contributed by atoms with Gasteiger partial charge in [0.25, 0.3) is 5.91 Å². The average Bonchev–Trinajstić information content (AvgIpc) is 3.36. The van der Waals surface area contributed by atoms with Crippen LogP contribution in [0.2, 0.25) is 0 Å². The number of carbonyl (C=O) groups is 2. The quantitative estimate of drug-likeness (QED) is 0.258. The van der Waals surface area contributed by atoms with Crippen LogP contribution >= 0.6 is 27.7 Å². The molecule has 0 spiro atoms. The molecule has 1 unspecified atom stereocenters. The Labute approximate surface area is 202 Å². The molecule has 2 N–H and O–H groups in total. The highest BCUT2D eigenvalue weighted by molar-refractivity contribution is 9.10. The molecular weight excluding hydrogens is 507 g/mol. The zero-order valence-electron chi connectivity index (χ0n) is 17.1. The van der Waals surface area contributed by atoms with E-state index in [1.165, 1.54) is 30.2 Å². The Bertz CT molecular complexity index is 1250. The van der Waals surface area contributed by atoms with Crippen LogP contribution in [0.5, 0.6) is 0 Å². The van der Waals surface area contributed by atoms with Gasteiger partial charge in [0, 0.05) is 15.1 Å². The molecule has 4 aromatic rings. The van der Waals surface area contributed by atoms with Crippen molar-refractivity contribution in [3.05, 3.63) is 113 Å². The lowest BCUT2D eigenvalue weighted by molar-refractivity contribution is -0.115. The molecule has 0 radical (unpaired) electrons. The lowest BCUT2D eigenvalue weighted by Gasteiger charge is -2.18. The Kier molecular flexibility index (Phi) is 7.26. The zero-order valence-corrected chi connectivity index (χ0v) is 19.5. The smallest absolute Gasteiger partial charge is 0.291 e. The summed E-state index contributed by atoms with van der Waals surface area (Å²) in [6.45, 7) is 0. The van der Waals surface area contributed by atoms with E-state index in [1.54, 1.807) is 30.3 Å². The highest BCUT2D eigenvalue weighted by Crippen LogP contribution is 2.37. The van der Waals surface area contributed by atoms with Gasteiger partial charge in [-0.15, -0.1) is 11.8 Å². The van der Waals surface area contributed by atoms with Crippen molar-refractivity contribution < 1.29 is 18.4 Å². The van der Waals surface area contributed by atoms with Crippen molar-refractivity contribution in [1.82, 2.24) is 0 Å². The van der Waals surface area contributed by atoms with Crippen LogP contribution in [0.3, 0.4) is 0 Å². The summed E-state index contributed by atoms with van der Waals surface area (Å²) >= 11 is 4.54. The van der Waals surface area contributed by atoms with E-state index in [9.17, 15) is 14.0 Å².